The average Bonchev–Trinajstić information content (AvgIpc) is 2.68. The lowest BCUT2D eigenvalue weighted by atomic mass is 10.1. The molecule has 1 aromatic rings. The minimum absolute atomic E-state index is 0.0893. The molecule has 0 spiro atoms. The number of hydrogen-bond donors (Lipinski definition) is 2. The van der Waals surface area contributed by atoms with E-state index < -0.39 is 0 Å². The van der Waals surface area contributed by atoms with Crippen LogP contribution in [-0.4, -0.2) is 36.5 Å². The minimum Gasteiger partial charge on any atom is -0.492 e. The predicted octanol–water partition coefficient (Wildman–Crippen LogP) is 2.08. The van der Waals surface area contributed by atoms with Gasteiger partial charge in [-0.25, -0.2) is 0 Å². The Morgan fingerprint density at radius 1 is 1.37 bits per heavy atom. The SMILES string of the molecule is CC1CC(C)N(CCOc2ccc(C(=N)N)cc2)C1. The molecule has 1 aromatic carbocycles. The van der Waals surface area contributed by atoms with Crippen LogP contribution in [0.15, 0.2) is 24.3 Å². The summed E-state index contributed by atoms with van der Waals surface area (Å²) in [5.74, 6) is 1.72. The smallest absolute Gasteiger partial charge is 0.122 e. The Hall–Kier alpha value is -1.55. The Kier molecular flexibility index (Phi) is 4.43. The van der Waals surface area contributed by atoms with Crippen LogP contribution in [0.2, 0.25) is 0 Å². The molecule has 0 aromatic heterocycles. The fraction of sp³-hybridized carbons (Fsp3) is 0.533. The second-order valence-electron chi connectivity index (χ2n) is 5.47. The molecule has 1 saturated heterocycles. The van der Waals surface area contributed by atoms with Crippen LogP contribution >= 0.6 is 0 Å². The second kappa shape index (κ2) is 6.06. The number of amidine groups is 1. The zero-order valence-corrected chi connectivity index (χ0v) is 11.7. The van der Waals surface area contributed by atoms with E-state index in [-0.39, 0.29) is 5.84 Å². The molecule has 0 aliphatic carbocycles. The van der Waals surface area contributed by atoms with E-state index in [1.807, 2.05) is 24.3 Å². The van der Waals surface area contributed by atoms with Crippen molar-refractivity contribution in [2.45, 2.75) is 26.3 Å². The highest BCUT2D eigenvalue weighted by atomic mass is 16.5. The molecule has 4 nitrogen and oxygen atoms in total. The molecule has 1 aliphatic rings. The summed E-state index contributed by atoms with van der Waals surface area (Å²) in [5.41, 5.74) is 6.14. The van der Waals surface area contributed by atoms with Crippen molar-refractivity contribution in [2.24, 2.45) is 11.7 Å². The van der Waals surface area contributed by atoms with Gasteiger partial charge in [0.05, 0.1) is 0 Å². The highest BCUT2D eigenvalue weighted by Gasteiger charge is 2.25. The number of nitrogens with two attached hydrogens (primary N) is 1. The summed E-state index contributed by atoms with van der Waals surface area (Å²) in [4.78, 5) is 2.48. The molecule has 3 N–H and O–H groups in total. The largest absolute Gasteiger partial charge is 0.492 e. The van der Waals surface area contributed by atoms with Crippen molar-refractivity contribution in [1.82, 2.24) is 4.90 Å². The molecule has 1 fully saturated rings. The third-order valence-electron chi connectivity index (χ3n) is 3.73. The van der Waals surface area contributed by atoms with Crippen molar-refractivity contribution in [1.29, 1.82) is 5.41 Å². The normalized spacial score (nSPS) is 23.5. The van der Waals surface area contributed by atoms with E-state index in [1.165, 1.54) is 13.0 Å². The van der Waals surface area contributed by atoms with Gasteiger partial charge in [0.15, 0.2) is 0 Å². The van der Waals surface area contributed by atoms with Crippen LogP contribution in [0, 0.1) is 11.3 Å². The van der Waals surface area contributed by atoms with Gasteiger partial charge in [-0.15, -0.1) is 0 Å². The van der Waals surface area contributed by atoms with Crippen molar-refractivity contribution in [3.05, 3.63) is 29.8 Å². The first-order valence-electron chi connectivity index (χ1n) is 6.87. The second-order valence-corrected chi connectivity index (χ2v) is 5.47. The summed E-state index contributed by atoms with van der Waals surface area (Å²) >= 11 is 0. The Labute approximate surface area is 115 Å². The van der Waals surface area contributed by atoms with E-state index in [1.54, 1.807) is 0 Å². The number of nitrogens with zero attached hydrogens (tertiary/aromatic N) is 1. The summed E-state index contributed by atoms with van der Waals surface area (Å²) in [5, 5.41) is 7.33. The molecule has 4 heteroatoms. The maximum atomic E-state index is 7.33. The van der Waals surface area contributed by atoms with Gasteiger partial charge in [0, 0.05) is 24.7 Å². The minimum atomic E-state index is 0.0893. The molecule has 104 valence electrons. The Balaban J connectivity index is 1.78. The van der Waals surface area contributed by atoms with Crippen molar-refractivity contribution in [2.75, 3.05) is 19.7 Å². The maximum Gasteiger partial charge on any atom is 0.122 e. The monoisotopic (exact) mass is 261 g/mol. The molecule has 2 atom stereocenters. The predicted molar refractivity (Wildman–Crippen MR) is 77.8 cm³/mol. The number of benzene rings is 1. The zero-order chi connectivity index (χ0) is 13.8. The van der Waals surface area contributed by atoms with E-state index in [0.29, 0.717) is 12.6 Å². The van der Waals surface area contributed by atoms with Crippen LogP contribution in [0.3, 0.4) is 0 Å². The molecular formula is C15H23N3O. The zero-order valence-electron chi connectivity index (χ0n) is 11.7. The lowest BCUT2D eigenvalue weighted by Crippen LogP contribution is -2.31. The van der Waals surface area contributed by atoms with Gasteiger partial charge in [0.25, 0.3) is 0 Å². The molecule has 0 saturated carbocycles. The van der Waals surface area contributed by atoms with Crippen LogP contribution in [0.25, 0.3) is 0 Å². The summed E-state index contributed by atoms with van der Waals surface area (Å²) in [6.45, 7) is 7.44. The summed E-state index contributed by atoms with van der Waals surface area (Å²) < 4.78 is 5.73. The Morgan fingerprint density at radius 2 is 2.05 bits per heavy atom. The maximum absolute atomic E-state index is 7.33. The summed E-state index contributed by atoms with van der Waals surface area (Å²) in [6, 6.07) is 8.04. The number of likely N-dealkylation sites (tertiary alicyclic amines) is 1. The molecule has 0 amide bonds. The molecule has 1 heterocycles. The quantitative estimate of drug-likeness (QED) is 0.630. The van der Waals surface area contributed by atoms with Gasteiger partial charge in [0.2, 0.25) is 0 Å². The fourth-order valence-corrected chi connectivity index (χ4v) is 2.71. The number of hydrogen-bond acceptors (Lipinski definition) is 3. The third-order valence-corrected chi connectivity index (χ3v) is 3.73. The van der Waals surface area contributed by atoms with Crippen LogP contribution in [0.5, 0.6) is 5.75 Å². The van der Waals surface area contributed by atoms with Crippen LogP contribution in [0.4, 0.5) is 0 Å². The first-order valence-corrected chi connectivity index (χ1v) is 6.87. The van der Waals surface area contributed by atoms with Crippen molar-refractivity contribution >= 4 is 5.84 Å². The van der Waals surface area contributed by atoms with E-state index in [2.05, 4.69) is 18.7 Å². The first-order chi connectivity index (χ1) is 9.06. The van der Waals surface area contributed by atoms with Gasteiger partial charge in [-0.05, 0) is 43.5 Å². The highest BCUT2D eigenvalue weighted by molar-refractivity contribution is 5.94. The van der Waals surface area contributed by atoms with Gasteiger partial charge in [-0.2, -0.15) is 0 Å². The summed E-state index contributed by atoms with van der Waals surface area (Å²) in [7, 11) is 0. The molecule has 0 radical (unpaired) electrons. The van der Waals surface area contributed by atoms with E-state index in [4.69, 9.17) is 15.9 Å². The number of nitrogens with one attached hydrogen (secondary N) is 1. The van der Waals surface area contributed by atoms with Gasteiger partial charge in [-0.3, -0.25) is 10.3 Å². The third kappa shape index (κ3) is 3.70. The molecule has 0 bridgehead atoms. The van der Waals surface area contributed by atoms with Gasteiger partial charge in [-0.1, -0.05) is 6.92 Å². The molecule has 2 rings (SSSR count). The van der Waals surface area contributed by atoms with Gasteiger partial charge < -0.3 is 10.5 Å². The van der Waals surface area contributed by atoms with Crippen molar-refractivity contribution < 1.29 is 4.74 Å². The van der Waals surface area contributed by atoms with Crippen molar-refractivity contribution in [3.63, 3.8) is 0 Å². The van der Waals surface area contributed by atoms with Gasteiger partial charge >= 0.3 is 0 Å². The fourth-order valence-electron chi connectivity index (χ4n) is 2.71. The van der Waals surface area contributed by atoms with E-state index in [9.17, 15) is 0 Å². The van der Waals surface area contributed by atoms with Gasteiger partial charge in [0.1, 0.15) is 18.2 Å². The number of rotatable bonds is 5. The lowest BCUT2D eigenvalue weighted by molar-refractivity contribution is 0.202. The molecule has 1 aliphatic heterocycles. The van der Waals surface area contributed by atoms with E-state index >= 15 is 0 Å². The molecular weight excluding hydrogens is 238 g/mol. The van der Waals surface area contributed by atoms with Crippen LogP contribution < -0.4 is 10.5 Å². The number of ether oxygens (including phenoxy) is 1. The average molecular weight is 261 g/mol. The Morgan fingerprint density at radius 3 is 2.58 bits per heavy atom. The first kappa shape index (κ1) is 13.9. The standard InChI is InChI=1S/C15H23N3O/c1-11-9-12(2)18(10-11)7-8-19-14-5-3-13(4-6-14)15(16)17/h3-6,11-12H,7-10H2,1-2H3,(H3,16,17). The van der Waals surface area contributed by atoms with Crippen LogP contribution in [-0.2, 0) is 0 Å². The Bertz CT molecular complexity index is 430. The highest BCUT2D eigenvalue weighted by Crippen LogP contribution is 2.21. The topological polar surface area (TPSA) is 62.3 Å². The molecule has 19 heavy (non-hydrogen) atoms. The number of nitrogen functional groups attached to an aromatic ring is 1. The molecule has 2 unspecified atom stereocenters. The lowest BCUT2D eigenvalue weighted by Gasteiger charge is -2.20. The summed E-state index contributed by atoms with van der Waals surface area (Å²) in [6.07, 6.45) is 1.29. The van der Waals surface area contributed by atoms with E-state index in [0.717, 1.165) is 23.8 Å². The van der Waals surface area contributed by atoms with Crippen molar-refractivity contribution in [3.8, 4) is 5.75 Å². The van der Waals surface area contributed by atoms with Crippen LogP contribution in [0.1, 0.15) is 25.8 Å².